The molecule has 0 radical (unpaired) electrons. The third-order valence-corrected chi connectivity index (χ3v) is 4.47. The summed E-state index contributed by atoms with van der Waals surface area (Å²) in [5.41, 5.74) is 5.58. The van der Waals surface area contributed by atoms with Crippen LogP contribution in [-0.2, 0) is 4.74 Å². The highest BCUT2D eigenvalue weighted by molar-refractivity contribution is 5.92. The zero-order valence-electron chi connectivity index (χ0n) is 18.0. The van der Waals surface area contributed by atoms with Gasteiger partial charge in [0.05, 0.1) is 23.9 Å². The molecule has 0 atom stereocenters. The largest absolute Gasteiger partial charge is 0.488 e. The van der Waals surface area contributed by atoms with E-state index in [1.165, 1.54) is 25.0 Å². The smallest absolute Gasteiger partial charge is 0.320 e. The van der Waals surface area contributed by atoms with Gasteiger partial charge in [-0.1, -0.05) is 12.8 Å². The molecule has 3 N–H and O–H groups in total. The van der Waals surface area contributed by atoms with E-state index in [4.69, 9.17) is 15.2 Å². The zero-order chi connectivity index (χ0) is 21.6. The molecule has 7 nitrogen and oxygen atoms in total. The molecular formula is C21H33FN4O3. The molecule has 8 heteroatoms. The lowest BCUT2D eigenvalue weighted by Crippen LogP contribution is -2.45. The van der Waals surface area contributed by atoms with Gasteiger partial charge in [0.25, 0.3) is 0 Å². The van der Waals surface area contributed by atoms with Gasteiger partial charge in [-0.15, -0.1) is 0 Å². The summed E-state index contributed by atoms with van der Waals surface area (Å²) in [5.74, 6) is -0.0928. The molecule has 0 saturated heterocycles. The number of halogens is 1. The van der Waals surface area contributed by atoms with Crippen molar-refractivity contribution in [1.29, 1.82) is 0 Å². The Kier molecular flexibility index (Phi) is 7.84. The minimum absolute atomic E-state index is 0.0223. The van der Waals surface area contributed by atoms with Crippen LogP contribution in [0.1, 0.15) is 60.3 Å². The average Bonchev–Trinajstić information content (AvgIpc) is 3.12. The Morgan fingerprint density at radius 1 is 1.31 bits per heavy atom. The molecule has 1 saturated carbocycles. The summed E-state index contributed by atoms with van der Waals surface area (Å²) >= 11 is 0. The molecule has 1 aliphatic rings. The molecule has 0 aliphatic heterocycles. The molecule has 0 spiro atoms. The van der Waals surface area contributed by atoms with Crippen LogP contribution >= 0.6 is 0 Å². The molecule has 1 aromatic carbocycles. The van der Waals surface area contributed by atoms with Crippen LogP contribution in [0.5, 0.6) is 5.75 Å². The van der Waals surface area contributed by atoms with E-state index in [2.05, 4.69) is 9.98 Å². The first-order chi connectivity index (χ1) is 13.6. The van der Waals surface area contributed by atoms with E-state index in [9.17, 15) is 9.60 Å². The van der Waals surface area contributed by atoms with Crippen molar-refractivity contribution in [1.82, 2.24) is 5.06 Å². The Hall–Kier alpha value is -2.35. The second kappa shape index (κ2) is 9.91. The van der Waals surface area contributed by atoms with Crippen molar-refractivity contribution in [3.8, 4) is 5.75 Å². The number of hydroxylamine groups is 2. The number of hydrogen-bond donors (Lipinski definition) is 2. The normalized spacial score (nSPS) is 16.4. The van der Waals surface area contributed by atoms with Gasteiger partial charge in [0.2, 0.25) is 5.96 Å². The van der Waals surface area contributed by atoms with E-state index in [-0.39, 0.29) is 29.5 Å². The fourth-order valence-electron chi connectivity index (χ4n) is 2.96. The molecule has 1 aromatic rings. The minimum Gasteiger partial charge on any atom is -0.488 e. The van der Waals surface area contributed by atoms with Crippen molar-refractivity contribution in [3.05, 3.63) is 24.0 Å². The first-order valence-electron chi connectivity index (χ1n) is 10.1. The number of hydrogen-bond acceptors (Lipinski definition) is 4. The van der Waals surface area contributed by atoms with Gasteiger partial charge >= 0.3 is 6.02 Å². The van der Waals surface area contributed by atoms with E-state index in [1.807, 2.05) is 34.6 Å². The number of nitrogens with two attached hydrogens (primary N) is 1. The molecule has 0 amide bonds. The van der Waals surface area contributed by atoms with Crippen molar-refractivity contribution < 1.29 is 19.1 Å². The van der Waals surface area contributed by atoms with Crippen LogP contribution in [0.2, 0.25) is 0 Å². The number of aliphatic imine (C=N–C) groups is 2. The molecule has 0 bridgehead atoms. The highest BCUT2D eigenvalue weighted by Gasteiger charge is 2.26. The molecule has 0 aromatic heterocycles. The van der Waals surface area contributed by atoms with Gasteiger partial charge in [-0.05, 0) is 65.5 Å². The molecular weight excluding hydrogens is 375 g/mol. The predicted molar refractivity (Wildman–Crippen MR) is 112 cm³/mol. The summed E-state index contributed by atoms with van der Waals surface area (Å²) in [6.45, 7) is 9.55. The predicted octanol–water partition coefficient (Wildman–Crippen LogP) is 4.61. The van der Waals surface area contributed by atoms with Gasteiger partial charge in [0.15, 0.2) is 11.6 Å². The third kappa shape index (κ3) is 7.20. The number of ether oxygens (including phenoxy) is 2. The summed E-state index contributed by atoms with van der Waals surface area (Å²) in [7, 11) is 0. The Balaban J connectivity index is 2.19. The van der Waals surface area contributed by atoms with Gasteiger partial charge in [-0.25, -0.2) is 14.4 Å². The molecule has 0 heterocycles. The molecule has 2 rings (SSSR count). The van der Waals surface area contributed by atoms with Crippen molar-refractivity contribution >= 4 is 17.7 Å². The summed E-state index contributed by atoms with van der Waals surface area (Å²) < 4.78 is 25.3. The SMILES string of the molecule is CC(C)Oc1ccc(N=C(N)N=C(OCC2CCCC2)N(O)C(C)(C)C)cc1F. The molecule has 162 valence electrons. The van der Waals surface area contributed by atoms with Crippen LogP contribution in [0.3, 0.4) is 0 Å². The lowest BCUT2D eigenvalue weighted by Gasteiger charge is -2.31. The van der Waals surface area contributed by atoms with Crippen molar-refractivity contribution in [2.75, 3.05) is 6.61 Å². The Bertz CT molecular complexity index is 738. The van der Waals surface area contributed by atoms with E-state index >= 15 is 0 Å². The van der Waals surface area contributed by atoms with Crippen molar-refractivity contribution in [3.63, 3.8) is 0 Å². The monoisotopic (exact) mass is 408 g/mol. The fraction of sp³-hybridized carbons (Fsp3) is 0.619. The van der Waals surface area contributed by atoms with Gasteiger partial charge in [-0.2, -0.15) is 4.99 Å². The Morgan fingerprint density at radius 2 is 1.97 bits per heavy atom. The Labute approximate surface area is 172 Å². The lowest BCUT2D eigenvalue weighted by atomic mass is 10.1. The standard InChI is InChI=1S/C21H33FN4O3/c1-14(2)29-18-11-10-16(12-17(18)22)24-19(23)25-20(26(27)21(3,4)5)28-13-15-8-6-7-9-15/h10-12,14-15,27H,6-9,13H2,1-5H3,(H2,23,24). The second-order valence-corrected chi connectivity index (χ2v) is 8.59. The van der Waals surface area contributed by atoms with Gasteiger partial charge in [0.1, 0.15) is 0 Å². The number of rotatable bonds is 5. The van der Waals surface area contributed by atoms with E-state index in [0.717, 1.165) is 17.9 Å². The van der Waals surface area contributed by atoms with Crippen LogP contribution < -0.4 is 10.5 Å². The second-order valence-electron chi connectivity index (χ2n) is 8.59. The van der Waals surface area contributed by atoms with Crippen LogP contribution in [-0.4, -0.2) is 40.5 Å². The van der Waals surface area contributed by atoms with Crippen molar-refractivity contribution in [2.45, 2.75) is 71.9 Å². The van der Waals surface area contributed by atoms with Gasteiger partial charge in [-0.3, -0.25) is 5.21 Å². The van der Waals surface area contributed by atoms with Crippen LogP contribution in [0.25, 0.3) is 0 Å². The maximum atomic E-state index is 14.2. The average molecular weight is 409 g/mol. The number of amidine groups is 1. The number of benzene rings is 1. The highest BCUT2D eigenvalue weighted by Crippen LogP contribution is 2.26. The summed E-state index contributed by atoms with van der Waals surface area (Å²) in [6, 6.07) is 4.28. The summed E-state index contributed by atoms with van der Waals surface area (Å²) in [5, 5.41) is 11.4. The number of nitrogens with zero attached hydrogens (tertiary/aromatic N) is 3. The molecule has 1 fully saturated rings. The van der Waals surface area contributed by atoms with Gasteiger partial charge < -0.3 is 15.2 Å². The van der Waals surface area contributed by atoms with E-state index in [0.29, 0.717) is 12.5 Å². The third-order valence-electron chi connectivity index (χ3n) is 4.47. The lowest BCUT2D eigenvalue weighted by molar-refractivity contribution is -0.107. The first-order valence-corrected chi connectivity index (χ1v) is 10.1. The molecule has 29 heavy (non-hydrogen) atoms. The highest BCUT2D eigenvalue weighted by atomic mass is 19.1. The van der Waals surface area contributed by atoms with Crippen LogP contribution in [0.4, 0.5) is 10.1 Å². The molecule has 0 unspecified atom stereocenters. The Morgan fingerprint density at radius 3 is 2.52 bits per heavy atom. The van der Waals surface area contributed by atoms with Gasteiger partial charge in [0, 0.05) is 6.07 Å². The van der Waals surface area contributed by atoms with E-state index < -0.39 is 11.4 Å². The quantitative estimate of drug-likeness (QED) is 0.422. The summed E-state index contributed by atoms with van der Waals surface area (Å²) in [4.78, 5) is 8.26. The minimum atomic E-state index is -0.642. The summed E-state index contributed by atoms with van der Waals surface area (Å²) in [6.07, 6.45) is 4.44. The number of guanidine groups is 1. The maximum absolute atomic E-state index is 14.2. The molecule has 1 aliphatic carbocycles. The first kappa shape index (κ1) is 22.9. The van der Waals surface area contributed by atoms with E-state index in [1.54, 1.807) is 6.07 Å². The topological polar surface area (TPSA) is 92.7 Å². The zero-order valence-corrected chi connectivity index (χ0v) is 18.0. The van der Waals surface area contributed by atoms with Crippen LogP contribution in [0, 0.1) is 11.7 Å². The fourth-order valence-corrected chi connectivity index (χ4v) is 2.96. The van der Waals surface area contributed by atoms with Crippen molar-refractivity contribution in [2.24, 2.45) is 21.6 Å². The van der Waals surface area contributed by atoms with Crippen LogP contribution in [0.15, 0.2) is 28.2 Å². The maximum Gasteiger partial charge on any atom is 0.320 e.